The van der Waals surface area contributed by atoms with E-state index in [0.717, 1.165) is 32.2 Å². The van der Waals surface area contributed by atoms with Gasteiger partial charge in [0.05, 0.1) is 6.10 Å². The minimum absolute atomic E-state index is 0.169. The third kappa shape index (κ3) is 3.54. The Morgan fingerprint density at radius 3 is 2.93 bits per heavy atom. The van der Waals surface area contributed by atoms with Gasteiger partial charge in [0.2, 0.25) is 0 Å². The van der Waals surface area contributed by atoms with Crippen molar-refractivity contribution in [2.24, 2.45) is 16.6 Å². The first-order chi connectivity index (χ1) is 6.74. The van der Waals surface area contributed by atoms with E-state index < -0.39 is 0 Å². The average molecular weight is 199 g/mol. The van der Waals surface area contributed by atoms with Crippen LogP contribution in [0.1, 0.15) is 32.6 Å². The maximum atomic E-state index is 9.55. The van der Waals surface area contributed by atoms with Crippen LogP contribution in [0.3, 0.4) is 0 Å². The Hall–Kier alpha value is -0.770. The molecule has 0 aromatic rings. The molecule has 0 aromatic heterocycles. The molecular weight excluding hydrogens is 178 g/mol. The van der Waals surface area contributed by atoms with Gasteiger partial charge in [0, 0.05) is 19.0 Å². The zero-order valence-corrected chi connectivity index (χ0v) is 8.87. The zero-order valence-electron chi connectivity index (χ0n) is 8.87. The maximum Gasteiger partial charge on any atom is 0.188 e. The molecule has 4 nitrogen and oxygen atoms in total. The number of rotatable bonds is 4. The van der Waals surface area contributed by atoms with Crippen molar-refractivity contribution in [1.82, 2.24) is 5.32 Å². The van der Waals surface area contributed by atoms with Crippen LogP contribution in [0.2, 0.25) is 0 Å². The predicted octanol–water partition coefficient (Wildman–Crippen LogP) is 0.462. The summed E-state index contributed by atoms with van der Waals surface area (Å²) < 4.78 is 0. The molecule has 0 spiro atoms. The number of hydrogen-bond donors (Lipinski definition) is 3. The van der Waals surface area contributed by atoms with Crippen molar-refractivity contribution in [2.45, 2.75) is 38.7 Å². The monoisotopic (exact) mass is 199 g/mol. The van der Waals surface area contributed by atoms with Crippen molar-refractivity contribution >= 4 is 5.96 Å². The van der Waals surface area contributed by atoms with E-state index in [0.29, 0.717) is 18.4 Å². The highest BCUT2D eigenvalue weighted by Gasteiger charge is 2.24. The van der Waals surface area contributed by atoms with Gasteiger partial charge in [-0.3, -0.25) is 4.99 Å². The molecule has 1 aliphatic rings. The molecule has 82 valence electrons. The van der Waals surface area contributed by atoms with Crippen molar-refractivity contribution < 1.29 is 5.11 Å². The van der Waals surface area contributed by atoms with Crippen molar-refractivity contribution in [3.05, 3.63) is 0 Å². The molecule has 0 bridgehead atoms. The van der Waals surface area contributed by atoms with E-state index in [1.807, 2.05) is 0 Å². The third-order valence-corrected chi connectivity index (χ3v) is 2.67. The van der Waals surface area contributed by atoms with Gasteiger partial charge in [-0.15, -0.1) is 0 Å². The molecular formula is C10H21N3O. The van der Waals surface area contributed by atoms with Gasteiger partial charge < -0.3 is 16.2 Å². The Balaban J connectivity index is 2.23. The molecule has 0 aliphatic heterocycles. The van der Waals surface area contributed by atoms with E-state index in [4.69, 9.17) is 5.73 Å². The third-order valence-electron chi connectivity index (χ3n) is 2.67. The summed E-state index contributed by atoms with van der Waals surface area (Å²) in [5, 5.41) is 12.6. The lowest BCUT2D eigenvalue weighted by molar-refractivity contribution is 0.136. The summed E-state index contributed by atoms with van der Waals surface area (Å²) >= 11 is 0. The molecule has 1 rings (SSSR count). The van der Waals surface area contributed by atoms with E-state index in [-0.39, 0.29) is 6.10 Å². The fraction of sp³-hybridized carbons (Fsp3) is 0.900. The highest BCUT2D eigenvalue weighted by atomic mass is 16.3. The van der Waals surface area contributed by atoms with Crippen molar-refractivity contribution in [3.63, 3.8) is 0 Å². The van der Waals surface area contributed by atoms with Crippen LogP contribution in [0, 0.1) is 5.92 Å². The first-order valence-electron chi connectivity index (χ1n) is 5.46. The van der Waals surface area contributed by atoms with Crippen LogP contribution in [0.4, 0.5) is 0 Å². The molecule has 1 saturated carbocycles. The largest absolute Gasteiger partial charge is 0.393 e. The maximum absolute atomic E-state index is 9.55. The van der Waals surface area contributed by atoms with Gasteiger partial charge >= 0.3 is 0 Å². The second kappa shape index (κ2) is 5.86. The number of hydrogen-bond acceptors (Lipinski definition) is 2. The number of nitrogens with zero attached hydrogens (tertiary/aromatic N) is 1. The van der Waals surface area contributed by atoms with E-state index >= 15 is 0 Å². The van der Waals surface area contributed by atoms with Crippen molar-refractivity contribution in [1.29, 1.82) is 0 Å². The standard InChI is InChI=1S/C10H21N3O/c1-2-6-12-10(11)13-7-8-4-3-5-9(8)14/h8-9,14H,2-7H2,1H3,(H3,11,12,13). The summed E-state index contributed by atoms with van der Waals surface area (Å²) in [6, 6.07) is 0. The average Bonchev–Trinajstić information content (AvgIpc) is 2.58. The SMILES string of the molecule is CCCNC(N)=NCC1CCCC1O. The van der Waals surface area contributed by atoms with Gasteiger partial charge in [0.25, 0.3) is 0 Å². The molecule has 1 aliphatic carbocycles. The highest BCUT2D eigenvalue weighted by Crippen LogP contribution is 2.25. The lowest BCUT2D eigenvalue weighted by atomic mass is 10.1. The molecule has 2 unspecified atom stereocenters. The lowest BCUT2D eigenvalue weighted by Crippen LogP contribution is -2.33. The van der Waals surface area contributed by atoms with E-state index in [9.17, 15) is 5.11 Å². The number of aliphatic imine (C=N–C) groups is 1. The summed E-state index contributed by atoms with van der Waals surface area (Å²) in [7, 11) is 0. The summed E-state index contributed by atoms with van der Waals surface area (Å²) in [5.74, 6) is 0.822. The van der Waals surface area contributed by atoms with Crippen LogP contribution in [0.15, 0.2) is 4.99 Å². The molecule has 0 radical (unpaired) electrons. The van der Waals surface area contributed by atoms with Gasteiger partial charge in [0.15, 0.2) is 5.96 Å². The van der Waals surface area contributed by atoms with Crippen LogP contribution in [0.25, 0.3) is 0 Å². The number of guanidine groups is 1. The van der Waals surface area contributed by atoms with Crippen LogP contribution in [-0.2, 0) is 0 Å². The van der Waals surface area contributed by atoms with Crippen LogP contribution >= 0.6 is 0 Å². The van der Waals surface area contributed by atoms with Crippen LogP contribution in [-0.4, -0.2) is 30.3 Å². The van der Waals surface area contributed by atoms with Gasteiger partial charge in [-0.05, 0) is 19.3 Å². The van der Waals surface area contributed by atoms with E-state index in [2.05, 4.69) is 17.2 Å². The Kier molecular flexibility index (Phi) is 4.73. The molecule has 1 fully saturated rings. The highest BCUT2D eigenvalue weighted by molar-refractivity contribution is 5.77. The van der Waals surface area contributed by atoms with Gasteiger partial charge in [-0.1, -0.05) is 13.3 Å². The van der Waals surface area contributed by atoms with Gasteiger partial charge in [0.1, 0.15) is 0 Å². The minimum atomic E-state index is -0.169. The Morgan fingerprint density at radius 2 is 2.36 bits per heavy atom. The van der Waals surface area contributed by atoms with Gasteiger partial charge in [-0.2, -0.15) is 0 Å². The predicted molar refractivity (Wildman–Crippen MR) is 58.1 cm³/mol. The molecule has 14 heavy (non-hydrogen) atoms. The zero-order chi connectivity index (χ0) is 10.4. The quantitative estimate of drug-likeness (QED) is 0.455. The lowest BCUT2D eigenvalue weighted by Gasteiger charge is -2.11. The van der Waals surface area contributed by atoms with E-state index in [1.54, 1.807) is 0 Å². The number of nitrogens with one attached hydrogen (secondary N) is 1. The summed E-state index contributed by atoms with van der Waals surface area (Å²) in [5.41, 5.74) is 5.64. The molecule has 0 saturated heterocycles. The molecule has 0 heterocycles. The molecule has 2 atom stereocenters. The molecule has 4 heteroatoms. The first kappa shape index (κ1) is 11.3. The Morgan fingerprint density at radius 1 is 1.57 bits per heavy atom. The summed E-state index contributed by atoms with van der Waals surface area (Å²) in [6.07, 6.45) is 3.98. The topological polar surface area (TPSA) is 70.6 Å². The van der Waals surface area contributed by atoms with Crippen LogP contribution in [0.5, 0.6) is 0 Å². The van der Waals surface area contributed by atoms with Crippen LogP contribution < -0.4 is 11.1 Å². The normalized spacial score (nSPS) is 28.0. The number of nitrogens with two attached hydrogens (primary N) is 1. The van der Waals surface area contributed by atoms with Crippen molar-refractivity contribution in [3.8, 4) is 0 Å². The molecule has 0 amide bonds. The summed E-state index contributed by atoms with van der Waals surface area (Å²) in [4.78, 5) is 4.22. The first-order valence-corrected chi connectivity index (χ1v) is 5.46. The molecule has 4 N–H and O–H groups in total. The Bertz CT molecular complexity index is 194. The number of aliphatic hydroxyl groups excluding tert-OH is 1. The fourth-order valence-electron chi connectivity index (χ4n) is 1.75. The fourth-order valence-corrected chi connectivity index (χ4v) is 1.75. The van der Waals surface area contributed by atoms with Gasteiger partial charge in [-0.25, -0.2) is 0 Å². The second-order valence-corrected chi connectivity index (χ2v) is 3.91. The minimum Gasteiger partial charge on any atom is -0.393 e. The smallest absolute Gasteiger partial charge is 0.188 e. The molecule has 0 aromatic carbocycles. The number of aliphatic hydroxyl groups is 1. The second-order valence-electron chi connectivity index (χ2n) is 3.91. The van der Waals surface area contributed by atoms with E-state index in [1.165, 1.54) is 0 Å². The Labute approximate surface area is 85.6 Å². The summed E-state index contributed by atoms with van der Waals surface area (Å²) in [6.45, 7) is 3.60. The van der Waals surface area contributed by atoms with Crippen molar-refractivity contribution in [2.75, 3.05) is 13.1 Å².